The monoisotopic (exact) mass is 781 g/mol. The van der Waals surface area contributed by atoms with Gasteiger partial charge in [-0.05, 0) is 33.9 Å². The molecule has 4 aliphatic rings. The van der Waals surface area contributed by atoms with Gasteiger partial charge in [0.25, 0.3) is 5.78 Å². The van der Waals surface area contributed by atoms with Gasteiger partial charge < -0.3 is 16.1 Å². The summed E-state index contributed by atoms with van der Waals surface area (Å²) in [6.45, 7) is 0. The fraction of sp³-hybridized carbons (Fsp3) is 0.100. The summed E-state index contributed by atoms with van der Waals surface area (Å²) in [4.78, 5) is 35.6. The Hall–Kier alpha value is -3.29. The van der Waals surface area contributed by atoms with Crippen molar-refractivity contribution in [3.8, 4) is 0 Å². The molecule has 3 N–H and O–H groups in total. The van der Waals surface area contributed by atoms with Gasteiger partial charge in [0.15, 0.2) is 0 Å². The summed E-state index contributed by atoms with van der Waals surface area (Å²) < 4.78 is 0. The number of fused-ring (bicyclic) bond motifs is 3. The minimum absolute atomic E-state index is 0. The predicted octanol–water partition coefficient (Wildman–Crippen LogP) is 4.28. The van der Waals surface area contributed by atoms with Gasteiger partial charge in [-0.1, -0.05) is 97.1 Å². The summed E-state index contributed by atoms with van der Waals surface area (Å²) >= 11 is 0. The third-order valence-corrected chi connectivity index (χ3v) is 6.14. The number of nitrogens with zero attached hydrogens (tertiary/aromatic N) is 2. The Morgan fingerprint density at radius 3 is 2.33 bits per heavy atom. The van der Waals surface area contributed by atoms with E-state index in [0.717, 1.165) is 27.8 Å². The van der Waals surface area contributed by atoms with Crippen molar-refractivity contribution in [1.29, 1.82) is 0 Å². The zero-order valence-electron chi connectivity index (χ0n) is 20.7. The molecule has 0 aromatic heterocycles. The number of rotatable bonds is 1. The number of carbonyl (C=O) groups excluding carboxylic acids is 2. The van der Waals surface area contributed by atoms with E-state index in [4.69, 9.17) is 10.6 Å². The van der Waals surface area contributed by atoms with Crippen LogP contribution in [0, 0.1) is 37.0 Å². The molecule has 9 heteroatoms. The Labute approximate surface area is 261 Å². The van der Waals surface area contributed by atoms with Gasteiger partial charge in [-0.3, -0.25) is 9.59 Å². The number of hydrogen-bond donors (Lipinski definition) is 1. The second-order valence-corrected chi connectivity index (χ2v) is 8.28. The molecule has 2 atom stereocenters. The molecule has 39 heavy (non-hydrogen) atoms. The number of benzene rings is 2. The first-order chi connectivity index (χ1) is 17.5. The maximum absolute atomic E-state index is 11.6. The van der Waals surface area contributed by atoms with Gasteiger partial charge in [0.1, 0.15) is 11.9 Å². The maximum Gasteiger partial charge on any atom is 0.339 e. The molecule has 0 bridgehead atoms. The van der Waals surface area contributed by atoms with Crippen molar-refractivity contribution in [2.45, 2.75) is 12.3 Å². The minimum Gasteiger partial charge on any atom is -0.481 e. The van der Waals surface area contributed by atoms with Crippen LogP contribution < -0.4 is 0 Å². The van der Waals surface area contributed by atoms with Gasteiger partial charge in [0.2, 0.25) is 0 Å². The average molecular weight is 782 g/mol. The Morgan fingerprint density at radius 1 is 0.949 bits per heavy atom. The molecule has 0 aliphatic heterocycles. The molecular weight excluding hydrogens is 757 g/mol. The van der Waals surface area contributed by atoms with E-state index < -0.39 is 11.9 Å². The first-order valence-corrected chi connectivity index (χ1v) is 11.4. The number of aliphatic carboxylic acids is 1. The summed E-state index contributed by atoms with van der Waals surface area (Å²) in [6, 6.07) is 15.3. The van der Waals surface area contributed by atoms with Crippen LogP contribution in [0.15, 0.2) is 96.6 Å². The van der Waals surface area contributed by atoms with E-state index in [2.05, 4.69) is 4.79 Å². The average Bonchev–Trinajstić information content (AvgIpc) is 3.54. The molecule has 0 saturated heterocycles. The first-order valence-electron chi connectivity index (χ1n) is 11.4. The van der Waals surface area contributed by atoms with Crippen LogP contribution >= 0.6 is 0 Å². The van der Waals surface area contributed by atoms with Crippen LogP contribution in [0.3, 0.4) is 0 Å². The molecule has 0 heterocycles. The van der Waals surface area contributed by atoms with Crippen molar-refractivity contribution < 1.29 is 79.4 Å². The van der Waals surface area contributed by atoms with Crippen molar-refractivity contribution >= 4 is 41.1 Å². The Bertz CT molecular complexity index is 1490. The summed E-state index contributed by atoms with van der Waals surface area (Å²) in [5.74, 6) is 0.347. The molecule has 7 nitrogen and oxygen atoms in total. The number of carboxylic acid groups (broad SMARTS) is 1. The largest absolute Gasteiger partial charge is 0.481 e. The number of Topliss-reactive ketones (excluding diaryl/α,β-unsaturated/α-hetero) is 1. The number of ketones is 1. The molecule has 4 aliphatic carbocycles. The fourth-order valence-electron chi connectivity index (χ4n) is 4.28. The van der Waals surface area contributed by atoms with Crippen LogP contribution in [0.1, 0.15) is 34.6 Å². The van der Waals surface area contributed by atoms with Crippen LogP contribution in [0.25, 0.3) is 23.3 Å². The number of hydrogen-bond acceptors (Lipinski definition) is 3. The van der Waals surface area contributed by atoms with E-state index in [9.17, 15) is 14.4 Å². The molecule has 0 spiro atoms. The van der Waals surface area contributed by atoms with Crippen LogP contribution in [0.5, 0.6) is 0 Å². The van der Waals surface area contributed by atoms with Crippen LogP contribution in [0.4, 0.5) is 0 Å². The second kappa shape index (κ2) is 16.0. The number of carboxylic acids is 1. The molecule has 1 radical (unpaired) electrons. The third-order valence-electron chi connectivity index (χ3n) is 6.14. The van der Waals surface area contributed by atoms with Crippen LogP contribution in [-0.2, 0) is 32.9 Å². The van der Waals surface area contributed by atoms with Gasteiger partial charge in [0.05, 0.1) is 17.9 Å². The van der Waals surface area contributed by atoms with E-state index in [1.807, 2.05) is 97.0 Å². The van der Waals surface area contributed by atoms with E-state index in [0.29, 0.717) is 12.0 Å². The van der Waals surface area contributed by atoms with Gasteiger partial charge >= 0.3 is 11.7 Å². The Morgan fingerprint density at radius 2 is 1.64 bits per heavy atom. The van der Waals surface area contributed by atoms with Gasteiger partial charge in [-0.25, -0.2) is 4.79 Å². The van der Waals surface area contributed by atoms with E-state index >= 15 is 0 Å². The summed E-state index contributed by atoms with van der Waals surface area (Å²) in [5, 5.41) is 8.81. The van der Waals surface area contributed by atoms with Gasteiger partial charge in [-0.2, -0.15) is 4.79 Å². The number of carbonyl (C=O) groups is 2. The second-order valence-electron chi connectivity index (χ2n) is 8.28. The Balaban J connectivity index is 0.000000282. The SMILES string of the molecule is O.O=C(O)C1C=Cc2ccccc21.O=C=C1C=Cc2ccccc21.[N-]=[N+]=C1CC=C2C=CC=CC2C1=O.[U].[V]. The van der Waals surface area contributed by atoms with Gasteiger partial charge in [-0.15, -0.1) is 0 Å². The van der Waals surface area contributed by atoms with Crippen LogP contribution in [-0.4, -0.2) is 38.8 Å². The molecule has 2 aromatic carbocycles. The molecule has 193 valence electrons. The zero-order valence-corrected chi connectivity index (χ0v) is 26.3. The van der Waals surface area contributed by atoms with Crippen molar-refractivity contribution in [1.82, 2.24) is 0 Å². The summed E-state index contributed by atoms with van der Waals surface area (Å²) in [7, 11) is 0. The summed E-state index contributed by atoms with van der Waals surface area (Å²) in [6.07, 6.45) is 17.1. The van der Waals surface area contributed by atoms with E-state index in [1.165, 1.54) is 0 Å². The molecule has 6 rings (SSSR count). The minimum atomic E-state index is -0.781. The molecule has 0 fully saturated rings. The molecule has 0 amide bonds. The van der Waals surface area contributed by atoms with Crippen molar-refractivity contribution in [3.05, 3.63) is 124 Å². The molecular formula is C30H24N2O5UV. The fourth-order valence-corrected chi connectivity index (χ4v) is 4.28. The molecule has 2 unspecified atom stereocenters. The third kappa shape index (κ3) is 7.86. The smallest absolute Gasteiger partial charge is 0.339 e. The van der Waals surface area contributed by atoms with E-state index in [1.54, 1.807) is 12.2 Å². The van der Waals surface area contributed by atoms with Crippen molar-refractivity contribution in [3.63, 3.8) is 0 Å². The van der Waals surface area contributed by atoms with Crippen LogP contribution in [0.2, 0.25) is 0 Å². The number of allylic oxidation sites excluding steroid dienone is 8. The normalized spacial score (nSPS) is 17.9. The molecule has 2 aromatic rings. The predicted molar refractivity (Wildman–Crippen MR) is 142 cm³/mol. The standard InChI is InChI=1S/C10H8N2O.C10H8O2.C10H6O.H2O.U.V/c11-12-9-6-5-7-3-1-2-4-8(7)10(9)13;11-10(12)9-6-5-7-3-1-2-4-8(7)9;11-7-9-6-5-8-3-1-2-4-10(8)9;;;/h1-5,8H,6H2;1-6,9H,(H,11,12);1-6H;1H2;;. The van der Waals surface area contributed by atoms with Crippen molar-refractivity contribution in [2.75, 3.05) is 0 Å². The Kier molecular flexibility index (Phi) is 13.8. The van der Waals surface area contributed by atoms with Gasteiger partial charge in [0, 0.05) is 49.7 Å². The first kappa shape index (κ1) is 33.7. The van der Waals surface area contributed by atoms with E-state index in [-0.39, 0.29) is 72.6 Å². The molecule has 0 saturated carbocycles. The topological polar surface area (TPSA) is 139 Å². The maximum atomic E-state index is 11.6. The summed E-state index contributed by atoms with van der Waals surface area (Å²) in [5.41, 5.74) is 14.4. The quantitative estimate of drug-likeness (QED) is 0.262. The van der Waals surface area contributed by atoms with Crippen molar-refractivity contribution in [2.24, 2.45) is 5.92 Å². The zero-order chi connectivity index (χ0) is 25.5.